The van der Waals surface area contributed by atoms with E-state index in [2.05, 4.69) is 5.32 Å². The first kappa shape index (κ1) is 21.8. The van der Waals surface area contributed by atoms with E-state index in [-0.39, 0.29) is 6.42 Å². The molecule has 0 aliphatic carbocycles. The second kappa shape index (κ2) is 9.64. The number of nitrogens with one attached hydrogen (secondary N) is 1. The van der Waals surface area contributed by atoms with E-state index in [1.807, 2.05) is 13.2 Å². The molecule has 0 unspecified atom stereocenters. The second-order valence-corrected chi connectivity index (χ2v) is 7.42. The first-order valence-corrected chi connectivity index (χ1v) is 10.4. The Morgan fingerprint density at radius 3 is 2.68 bits per heavy atom. The molecule has 2 aromatic rings. The number of hydrogen-bond acceptors (Lipinski definition) is 7. The Morgan fingerprint density at radius 1 is 1.36 bits per heavy atom. The maximum Gasteiger partial charge on any atom is 0.336 e. The van der Waals surface area contributed by atoms with E-state index in [1.54, 1.807) is 19.1 Å². The van der Waals surface area contributed by atoms with Gasteiger partial charge >= 0.3 is 5.63 Å². The van der Waals surface area contributed by atoms with Crippen molar-refractivity contribution >= 4 is 34.6 Å². The quantitative estimate of drug-likeness (QED) is 0.627. The molecule has 0 radical (unpaired) electrons. The monoisotopic (exact) mass is 406 g/mol. The Balaban J connectivity index is 2.21. The molecule has 1 aromatic carbocycles. The molecule has 0 fully saturated rings. The number of aryl methyl sites for hydroxylation is 2. The summed E-state index contributed by atoms with van der Waals surface area (Å²) in [6.45, 7) is 5.22. The van der Waals surface area contributed by atoms with E-state index in [9.17, 15) is 19.5 Å². The van der Waals surface area contributed by atoms with Crippen molar-refractivity contribution in [2.24, 2.45) is 0 Å². The van der Waals surface area contributed by atoms with Gasteiger partial charge in [0, 0.05) is 17.0 Å². The van der Waals surface area contributed by atoms with Gasteiger partial charge in [0.1, 0.15) is 11.3 Å². The van der Waals surface area contributed by atoms with Gasteiger partial charge in [0.25, 0.3) is 5.91 Å². The van der Waals surface area contributed by atoms with Gasteiger partial charge in [0.2, 0.25) is 0 Å². The molecule has 0 saturated carbocycles. The lowest BCUT2D eigenvalue weighted by molar-refractivity contribution is -0.308. The molecule has 1 aromatic heterocycles. The molecule has 2 rings (SSSR count). The molecule has 0 saturated heterocycles. The van der Waals surface area contributed by atoms with E-state index in [1.165, 1.54) is 24.8 Å². The summed E-state index contributed by atoms with van der Waals surface area (Å²) < 4.78 is 11.1. The second-order valence-electron chi connectivity index (χ2n) is 6.43. The summed E-state index contributed by atoms with van der Waals surface area (Å²) in [7, 11) is 0. The fourth-order valence-corrected chi connectivity index (χ4v) is 3.32. The van der Waals surface area contributed by atoms with Gasteiger partial charge < -0.3 is 24.4 Å². The van der Waals surface area contributed by atoms with Crippen LogP contribution in [0.1, 0.15) is 31.4 Å². The highest BCUT2D eigenvalue weighted by Gasteiger charge is 2.21. The molecular formula is C20H24NO6S-. The molecule has 1 heterocycles. The maximum atomic E-state index is 12.3. The van der Waals surface area contributed by atoms with Gasteiger partial charge in [-0.3, -0.25) is 4.79 Å². The van der Waals surface area contributed by atoms with Crippen molar-refractivity contribution < 1.29 is 23.8 Å². The average Bonchev–Trinajstić information content (AvgIpc) is 2.66. The number of fused-ring (bicyclic) bond motifs is 1. The predicted molar refractivity (Wildman–Crippen MR) is 107 cm³/mol. The van der Waals surface area contributed by atoms with E-state index in [0.29, 0.717) is 29.1 Å². The number of carboxylic acid groups (broad SMARTS) is 1. The molecule has 0 bridgehead atoms. The smallest absolute Gasteiger partial charge is 0.336 e. The molecule has 1 amide bonds. The Labute approximate surface area is 167 Å². The Kier molecular flexibility index (Phi) is 7.51. The maximum absolute atomic E-state index is 12.3. The molecule has 8 heteroatoms. The van der Waals surface area contributed by atoms with Crippen molar-refractivity contribution in [2.45, 2.75) is 45.8 Å². The van der Waals surface area contributed by atoms with Crippen LogP contribution in [0.2, 0.25) is 0 Å². The lowest BCUT2D eigenvalue weighted by Crippen LogP contribution is -2.51. The fraction of sp³-hybridized carbons (Fsp3) is 0.450. The van der Waals surface area contributed by atoms with Crippen molar-refractivity contribution in [2.75, 3.05) is 12.0 Å². The van der Waals surface area contributed by atoms with Crippen LogP contribution >= 0.6 is 11.8 Å². The molecule has 0 spiro atoms. The zero-order chi connectivity index (χ0) is 20.8. The highest BCUT2D eigenvalue weighted by atomic mass is 32.2. The van der Waals surface area contributed by atoms with Crippen LogP contribution in [0.5, 0.6) is 5.75 Å². The number of aliphatic carboxylic acids is 1. The molecular weight excluding hydrogens is 382 g/mol. The number of ether oxygens (including phenoxy) is 1. The van der Waals surface area contributed by atoms with Crippen molar-refractivity contribution in [1.29, 1.82) is 0 Å². The third-order valence-corrected chi connectivity index (χ3v) is 5.11. The first-order valence-electron chi connectivity index (χ1n) is 9.01. The van der Waals surface area contributed by atoms with Crippen molar-refractivity contribution in [3.05, 3.63) is 39.7 Å². The lowest BCUT2D eigenvalue weighted by Gasteiger charge is -2.22. The summed E-state index contributed by atoms with van der Waals surface area (Å²) in [5.74, 6) is -0.916. The van der Waals surface area contributed by atoms with Gasteiger partial charge in [0.15, 0.2) is 6.10 Å². The Morgan fingerprint density at radius 2 is 2.07 bits per heavy atom. The van der Waals surface area contributed by atoms with Gasteiger partial charge in [-0.25, -0.2) is 4.79 Å². The first-order chi connectivity index (χ1) is 13.3. The summed E-state index contributed by atoms with van der Waals surface area (Å²) >= 11 is 1.48. The summed E-state index contributed by atoms with van der Waals surface area (Å²) in [6.07, 6.45) is 1.86. The number of carbonyl (C=O) groups excluding carboxylic acids is 2. The van der Waals surface area contributed by atoms with Crippen LogP contribution in [0, 0.1) is 6.92 Å². The zero-order valence-corrected chi connectivity index (χ0v) is 17.2. The SMILES string of the molecule is CCc1cc(=O)oc2c(C)c(O[C@H](C)C(=O)N[C@@H](CCSC)C(=O)[O-])ccc12. The Bertz CT molecular complexity index is 923. The highest BCUT2D eigenvalue weighted by molar-refractivity contribution is 7.98. The number of hydrogen-bond donors (Lipinski definition) is 1. The molecule has 7 nitrogen and oxygen atoms in total. The number of carboxylic acids is 1. The standard InChI is InChI=1S/C20H25NO6S/c1-5-13-10-17(22)27-18-11(2)16(7-6-14(13)18)26-12(3)19(23)21-15(20(24)25)8-9-28-4/h6-7,10,12,15H,5,8-9H2,1-4H3,(H,21,23)(H,24,25)/p-1/t12-,15+/m1/s1. The molecule has 152 valence electrons. The van der Waals surface area contributed by atoms with Crippen LogP contribution in [0.3, 0.4) is 0 Å². The van der Waals surface area contributed by atoms with E-state index in [0.717, 1.165) is 10.9 Å². The van der Waals surface area contributed by atoms with E-state index >= 15 is 0 Å². The number of rotatable bonds is 9. The molecule has 0 aliphatic heterocycles. The van der Waals surface area contributed by atoms with Crippen LogP contribution in [-0.2, 0) is 16.0 Å². The minimum Gasteiger partial charge on any atom is -0.548 e. The largest absolute Gasteiger partial charge is 0.548 e. The summed E-state index contributed by atoms with van der Waals surface area (Å²) in [4.78, 5) is 35.3. The predicted octanol–water partition coefficient (Wildman–Crippen LogP) is 1.42. The van der Waals surface area contributed by atoms with Crippen LogP contribution in [0.25, 0.3) is 11.0 Å². The lowest BCUT2D eigenvalue weighted by atomic mass is 10.0. The van der Waals surface area contributed by atoms with Gasteiger partial charge in [-0.1, -0.05) is 6.92 Å². The third-order valence-electron chi connectivity index (χ3n) is 4.46. The number of amides is 1. The van der Waals surface area contributed by atoms with Crippen LogP contribution in [-0.4, -0.2) is 36.0 Å². The number of benzene rings is 1. The topological polar surface area (TPSA) is 109 Å². The van der Waals surface area contributed by atoms with Crippen molar-refractivity contribution in [3.8, 4) is 5.75 Å². The van der Waals surface area contributed by atoms with E-state index in [4.69, 9.17) is 9.15 Å². The van der Waals surface area contributed by atoms with Crippen LogP contribution in [0.15, 0.2) is 27.4 Å². The Hall–Kier alpha value is -2.48. The average molecular weight is 406 g/mol. The molecule has 28 heavy (non-hydrogen) atoms. The van der Waals surface area contributed by atoms with Gasteiger partial charge in [-0.15, -0.1) is 0 Å². The van der Waals surface area contributed by atoms with Crippen LogP contribution < -0.4 is 20.8 Å². The molecule has 2 atom stereocenters. The minimum atomic E-state index is -1.33. The fourth-order valence-electron chi connectivity index (χ4n) is 2.85. The van der Waals surface area contributed by atoms with Gasteiger partial charge in [-0.2, -0.15) is 11.8 Å². The van der Waals surface area contributed by atoms with Crippen LogP contribution in [0.4, 0.5) is 0 Å². The minimum absolute atomic E-state index is 0.266. The normalized spacial score (nSPS) is 13.1. The summed E-state index contributed by atoms with van der Waals surface area (Å²) in [5, 5.41) is 14.5. The summed E-state index contributed by atoms with van der Waals surface area (Å²) in [5.41, 5.74) is 1.45. The summed E-state index contributed by atoms with van der Waals surface area (Å²) in [6, 6.07) is 3.89. The molecule has 0 aliphatic rings. The highest BCUT2D eigenvalue weighted by Crippen LogP contribution is 2.29. The van der Waals surface area contributed by atoms with E-state index < -0.39 is 29.6 Å². The number of carbonyl (C=O) groups is 2. The van der Waals surface area contributed by atoms with Gasteiger partial charge in [0.05, 0.1) is 12.0 Å². The van der Waals surface area contributed by atoms with Gasteiger partial charge in [-0.05, 0) is 56.4 Å². The van der Waals surface area contributed by atoms with Crippen molar-refractivity contribution in [1.82, 2.24) is 5.32 Å². The zero-order valence-electron chi connectivity index (χ0n) is 16.4. The number of thioether (sulfide) groups is 1. The third kappa shape index (κ3) is 5.07. The van der Waals surface area contributed by atoms with Crippen molar-refractivity contribution in [3.63, 3.8) is 0 Å². The molecule has 1 N–H and O–H groups in total.